The predicted octanol–water partition coefficient (Wildman–Crippen LogP) is 1.58. The zero-order valence-corrected chi connectivity index (χ0v) is 15.1. The van der Waals surface area contributed by atoms with E-state index in [0.717, 1.165) is 0 Å². The first-order valence-corrected chi connectivity index (χ1v) is 25.6. The molecule has 0 bridgehead atoms. The van der Waals surface area contributed by atoms with Crippen molar-refractivity contribution in [2.45, 2.75) is 17.9 Å². The van der Waals surface area contributed by atoms with Crippen LogP contribution < -0.4 is 0 Å². The third-order valence-corrected chi connectivity index (χ3v) is 11.5. The van der Waals surface area contributed by atoms with E-state index >= 15 is 0 Å². The Morgan fingerprint density at radius 1 is 0.750 bits per heavy atom. The molecular weight excluding hydrogens is 481 g/mol. The number of hydrogen-bond acceptors (Lipinski definition) is 0. The SMILES string of the molecule is [CH3][Tl]([CH3])[C]#[C][Tl]([CH3])[CH3]. The van der Waals surface area contributed by atoms with E-state index in [4.69, 9.17) is 0 Å². The maximum absolute atomic E-state index is 3.42. The average molecular weight is 493 g/mol. The van der Waals surface area contributed by atoms with Crippen molar-refractivity contribution in [1.82, 2.24) is 0 Å². The van der Waals surface area contributed by atoms with E-state index in [1.165, 1.54) is 0 Å². The summed E-state index contributed by atoms with van der Waals surface area (Å²) in [6, 6.07) is 0. The molecule has 0 heterocycles. The summed E-state index contributed by atoms with van der Waals surface area (Å²) in [6.07, 6.45) is 0. The number of rotatable bonds is 0. The van der Waals surface area contributed by atoms with Gasteiger partial charge in [0.25, 0.3) is 0 Å². The first-order valence-electron chi connectivity index (χ1n) is 3.14. The van der Waals surface area contributed by atoms with Gasteiger partial charge in [-0.05, 0) is 0 Å². The van der Waals surface area contributed by atoms with Crippen LogP contribution in [-0.2, 0) is 0 Å². The Hall–Kier alpha value is 1.40. The van der Waals surface area contributed by atoms with Gasteiger partial charge >= 0.3 is 70.3 Å². The van der Waals surface area contributed by atoms with Crippen molar-refractivity contribution >= 4 is 45.4 Å². The second-order valence-electron chi connectivity index (χ2n) is 2.60. The molecule has 0 rings (SSSR count). The molecule has 0 nitrogen and oxygen atoms in total. The van der Waals surface area contributed by atoms with E-state index in [-0.39, 0.29) is 0 Å². The van der Waals surface area contributed by atoms with Gasteiger partial charge in [-0.1, -0.05) is 0 Å². The summed E-state index contributed by atoms with van der Waals surface area (Å²) in [5.74, 6) is 0. The van der Waals surface area contributed by atoms with Gasteiger partial charge in [0.2, 0.25) is 0 Å². The van der Waals surface area contributed by atoms with Crippen LogP contribution in [0.4, 0.5) is 0 Å². The fourth-order valence-corrected chi connectivity index (χ4v) is 25.7. The Balaban J connectivity index is 3.50. The van der Waals surface area contributed by atoms with E-state index in [9.17, 15) is 0 Å². The fourth-order valence-electron chi connectivity index (χ4n) is 0.333. The maximum atomic E-state index is 3.42. The second kappa shape index (κ2) is 5.21. The van der Waals surface area contributed by atoms with Crippen molar-refractivity contribution in [1.29, 1.82) is 0 Å². The summed E-state index contributed by atoms with van der Waals surface area (Å²) in [5, 5.41) is 0. The van der Waals surface area contributed by atoms with Gasteiger partial charge in [-0.15, -0.1) is 0 Å². The van der Waals surface area contributed by atoms with Crippen molar-refractivity contribution in [2.24, 2.45) is 0 Å². The van der Waals surface area contributed by atoms with Gasteiger partial charge in [0.15, 0.2) is 0 Å². The molecule has 42 valence electrons. The van der Waals surface area contributed by atoms with Gasteiger partial charge in [-0.2, -0.15) is 0 Å². The van der Waals surface area contributed by atoms with Crippen molar-refractivity contribution in [3.8, 4) is 6.96 Å². The second-order valence-corrected chi connectivity index (χ2v) is 22.8. The molecule has 0 atom stereocenters. The summed E-state index contributed by atoms with van der Waals surface area (Å²) in [6.45, 7) is 0. The Labute approximate surface area is 69.3 Å². The van der Waals surface area contributed by atoms with Gasteiger partial charge in [-0.25, -0.2) is 0 Å². The van der Waals surface area contributed by atoms with E-state index < -0.39 is 45.4 Å². The molecular formula is C6H12Tl2. The van der Waals surface area contributed by atoms with Gasteiger partial charge in [0.1, 0.15) is 0 Å². The first-order chi connectivity index (χ1) is 3.63. The van der Waals surface area contributed by atoms with Crippen LogP contribution in [0.15, 0.2) is 0 Å². The molecule has 0 aliphatic rings. The zero-order valence-electron chi connectivity index (χ0n) is 6.15. The molecule has 0 radical (unpaired) electrons. The standard InChI is InChI=1S/C2.4CH3.2Tl/c1-2;;;;;;/h;4*1H3;;. The molecule has 0 unspecified atom stereocenters. The van der Waals surface area contributed by atoms with Gasteiger partial charge in [-0.3, -0.25) is 0 Å². The first kappa shape index (κ1) is 9.40. The molecule has 0 aliphatic carbocycles. The quantitative estimate of drug-likeness (QED) is 0.356. The minimum atomic E-state index is -1.20. The van der Waals surface area contributed by atoms with Gasteiger partial charge in [0, 0.05) is 0 Å². The van der Waals surface area contributed by atoms with Crippen molar-refractivity contribution in [2.75, 3.05) is 0 Å². The molecule has 0 aromatic heterocycles. The van der Waals surface area contributed by atoms with Crippen LogP contribution in [0.5, 0.6) is 0 Å². The Morgan fingerprint density at radius 3 is 1.12 bits per heavy atom. The molecule has 0 amide bonds. The average Bonchev–Trinajstić information content (AvgIpc) is 1.61. The van der Waals surface area contributed by atoms with Crippen LogP contribution in [0.25, 0.3) is 0 Å². The van der Waals surface area contributed by atoms with Crippen LogP contribution in [0.3, 0.4) is 0 Å². The van der Waals surface area contributed by atoms with Crippen LogP contribution in [0.2, 0.25) is 17.9 Å². The van der Waals surface area contributed by atoms with E-state index in [1.807, 2.05) is 0 Å². The van der Waals surface area contributed by atoms with Crippen LogP contribution in [0.1, 0.15) is 0 Å². The van der Waals surface area contributed by atoms with Crippen LogP contribution >= 0.6 is 0 Å². The zero-order chi connectivity index (χ0) is 6.57. The van der Waals surface area contributed by atoms with Crippen molar-refractivity contribution in [3.05, 3.63) is 0 Å². The topological polar surface area (TPSA) is 0 Å². The molecule has 8 heavy (non-hydrogen) atoms. The summed E-state index contributed by atoms with van der Waals surface area (Å²) >= 11 is -2.40. The third-order valence-electron chi connectivity index (χ3n) is 0.661. The molecule has 0 saturated carbocycles. The third kappa shape index (κ3) is 7.40. The molecule has 2 heteroatoms. The Bertz CT molecular complexity index is 93.4. The van der Waals surface area contributed by atoms with Crippen molar-refractivity contribution in [3.63, 3.8) is 0 Å². The van der Waals surface area contributed by atoms with Crippen molar-refractivity contribution < 1.29 is 0 Å². The molecule has 0 aromatic carbocycles. The molecule has 0 fully saturated rings. The summed E-state index contributed by atoms with van der Waals surface area (Å²) in [5.41, 5.74) is 0. The fraction of sp³-hybridized carbons (Fsp3) is 0.667. The molecule has 0 aromatic rings. The van der Waals surface area contributed by atoms with Gasteiger partial charge < -0.3 is 0 Å². The minimum absolute atomic E-state index is 1.20. The van der Waals surface area contributed by atoms with E-state index in [0.29, 0.717) is 0 Å². The molecule has 0 saturated heterocycles. The van der Waals surface area contributed by atoms with E-state index in [1.54, 1.807) is 0 Å². The molecule has 0 aliphatic heterocycles. The molecule has 0 N–H and O–H groups in total. The van der Waals surface area contributed by atoms with Crippen LogP contribution in [0, 0.1) is 6.96 Å². The Kier molecular flexibility index (Phi) is 6.12. The monoisotopic (exact) mass is 494 g/mol. The summed E-state index contributed by atoms with van der Waals surface area (Å²) < 4.78 is 16.3. The normalized spacial score (nSPS) is 7.00. The van der Waals surface area contributed by atoms with Crippen LogP contribution in [-0.4, -0.2) is 45.4 Å². The summed E-state index contributed by atoms with van der Waals surface area (Å²) in [7, 11) is 0. The van der Waals surface area contributed by atoms with Gasteiger partial charge in [0.05, 0.1) is 0 Å². The predicted molar refractivity (Wildman–Crippen MR) is 42.7 cm³/mol. The summed E-state index contributed by atoms with van der Waals surface area (Å²) in [4.78, 5) is 0. The molecule has 0 spiro atoms. The Morgan fingerprint density at radius 2 is 1.00 bits per heavy atom. The van der Waals surface area contributed by atoms with E-state index in [2.05, 4.69) is 24.9 Å². The number of hydrogen-bond donors (Lipinski definition) is 0.